The molecule has 0 amide bonds. The topological polar surface area (TPSA) is 98.2 Å². The Morgan fingerprint density at radius 2 is 2.06 bits per heavy atom. The first kappa shape index (κ1) is 13.1. The Morgan fingerprint density at radius 3 is 2.56 bits per heavy atom. The molecule has 1 rings (SSSR count). The lowest BCUT2D eigenvalue weighted by atomic mass is 10.3. The molecule has 0 unspecified atom stereocenters. The second-order valence-electron chi connectivity index (χ2n) is 3.55. The molecule has 92 valence electrons. The molecule has 0 aliphatic heterocycles. The van der Waals surface area contributed by atoms with Gasteiger partial charge in [0.2, 0.25) is 10.0 Å². The van der Waals surface area contributed by atoms with Crippen molar-refractivity contribution in [1.82, 2.24) is 9.88 Å². The highest BCUT2D eigenvalue weighted by molar-refractivity contribution is 7.89. The smallest absolute Gasteiger partial charge is 0.245 e. The minimum atomic E-state index is -3.51. The average molecular weight is 247 g/mol. The lowest BCUT2D eigenvalue weighted by molar-refractivity contribution is 0.390. The van der Waals surface area contributed by atoms with E-state index in [9.17, 15) is 8.42 Å². The largest absolute Gasteiger partial charge is 0.360 e. The first-order valence-electron chi connectivity index (χ1n) is 5.11. The first-order chi connectivity index (χ1) is 7.49. The van der Waals surface area contributed by atoms with Gasteiger partial charge >= 0.3 is 0 Å². The van der Waals surface area contributed by atoms with Crippen molar-refractivity contribution in [2.24, 2.45) is 5.73 Å². The Bertz CT molecular complexity index is 419. The van der Waals surface area contributed by atoms with Gasteiger partial charge in [-0.05, 0) is 33.2 Å². The number of aromatic nitrogens is 1. The summed E-state index contributed by atoms with van der Waals surface area (Å²) >= 11 is 0. The normalized spacial score (nSPS) is 11.9. The molecule has 0 atom stereocenters. The van der Waals surface area contributed by atoms with Crippen LogP contribution in [-0.4, -0.2) is 26.7 Å². The van der Waals surface area contributed by atoms with E-state index < -0.39 is 10.0 Å². The number of nitrogens with two attached hydrogens (primary N) is 1. The Hall–Kier alpha value is -0.920. The van der Waals surface area contributed by atoms with E-state index in [1.807, 2.05) is 0 Å². The maximum atomic E-state index is 11.9. The molecule has 0 aromatic carbocycles. The van der Waals surface area contributed by atoms with Crippen LogP contribution in [0.15, 0.2) is 9.42 Å². The molecule has 7 heteroatoms. The van der Waals surface area contributed by atoms with E-state index in [4.69, 9.17) is 10.3 Å². The molecule has 1 aromatic heterocycles. The van der Waals surface area contributed by atoms with Crippen LogP contribution >= 0.6 is 0 Å². The Kier molecular flexibility index (Phi) is 4.45. The zero-order valence-corrected chi connectivity index (χ0v) is 10.3. The first-order valence-corrected chi connectivity index (χ1v) is 6.60. The number of nitrogens with one attached hydrogen (secondary N) is 1. The molecule has 0 radical (unpaired) electrons. The third kappa shape index (κ3) is 3.03. The van der Waals surface area contributed by atoms with Crippen molar-refractivity contribution in [2.75, 3.05) is 13.1 Å². The van der Waals surface area contributed by atoms with Crippen LogP contribution in [0.25, 0.3) is 0 Å². The van der Waals surface area contributed by atoms with Gasteiger partial charge in [-0.1, -0.05) is 5.16 Å². The maximum Gasteiger partial charge on any atom is 0.245 e. The number of rotatable bonds is 6. The lowest BCUT2D eigenvalue weighted by Crippen LogP contribution is -2.26. The van der Waals surface area contributed by atoms with Gasteiger partial charge in [-0.15, -0.1) is 0 Å². The molecule has 0 saturated heterocycles. The molecule has 16 heavy (non-hydrogen) atoms. The van der Waals surface area contributed by atoms with Crippen LogP contribution in [0.5, 0.6) is 0 Å². The fraction of sp³-hybridized carbons (Fsp3) is 0.667. The standard InChI is InChI=1S/C9H17N3O3S/c1-7-9(8(2)15-12-7)16(13,14)11-6-4-3-5-10/h11H,3-6,10H2,1-2H3. The summed E-state index contributed by atoms with van der Waals surface area (Å²) in [6.07, 6.45) is 1.52. The van der Waals surface area contributed by atoms with Crippen LogP contribution in [0.4, 0.5) is 0 Å². The number of unbranched alkanes of at least 4 members (excludes halogenated alkanes) is 1. The van der Waals surface area contributed by atoms with Gasteiger partial charge in [0.05, 0.1) is 0 Å². The fourth-order valence-corrected chi connectivity index (χ4v) is 2.81. The number of sulfonamides is 1. The summed E-state index contributed by atoms with van der Waals surface area (Å²) in [4.78, 5) is 0.139. The van der Waals surface area contributed by atoms with Crippen LogP contribution in [0.2, 0.25) is 0 Å². The SMILES string of the molecule is Cc1noc(C)c1S(=O)(=O)NCCCCN. The van der Waals surface area contributed by atoms with E-state index in [-0.39, 0.29) is 4.90 Å². The summed E-state index contributed by atoms with van der Waals surface area (Å²) in [5, 5.41) is 3.61. The predicted octanol–water partition coefficient (Wildman–Crippen LogP) is 0.309. The second kappa shape index (κ2) is 5.42. The third-order valence-electron chi connectivity index (χ3n) is 2.16. The molecule has 6 nitrogen and oxygen atoms in total. The average Bonchev–Trinajstić information content (AvgIpc) is 2.54. The molecule has 1 aromatic rings. The van der Waals surface area contributed by atoms with Gasteiger partial charge in [0.25, 0.3) is 0 Å². The predicted molar refractivity (Wildman–Crippen MR) is 59.5 cm³/mol. The zero-order chi connectivity index (χ0) is 12.2. The van der Waals surface area contributed by atoms with Crippen LogP contribution in [0.1, 0.15) is 24.3 Å². The monoisotopic (exact) mass is 247 g/mol. The fourth-order valence-electron chi connectivity index (χ4n) is 1.41. The minimum Gasteiger partial charge on any atom is -0.360 e. The van der Waals surface area contributed by atoms with E-state index >= 15 is 0 Å². The molecule has 0 bridgehead atoms. The number of nitrogens with zero attached hydrogens (tertiary/aromatic N) is 1. The van der Waals surface area contributed by atoms with Crippen molar-refractivity contribution in [3.63, 3.8) is 0 Å². The van der Waals surface area contributed by atoms with Crippen LogP contribution in [-0.2, 0) is 10.0 Å². The molecule has 0 fully saturated rings. The van der Waals surface area contributed by atoms with Crippen molar-refractivity contribution in [2.45, 2.75) is 31.6 Å². The molecule has 1 heterocycles. The Labute approximate surface area is 95.2 Å². The van der Waals surface area contributed by atoms with Crippen molar-refractivity contribution in [3.8, 4) is 0 Å². The van der Waals surface area contributed by atoms with E-state index in [1.165, 1.54) is 0 Å². The molecular formula is C9H17N3O3S. The van der Waals surface area contributed by atoms with Gasteiger partial charge in [0, 0.05) is 6.54 Å². The molecule has 3 N–H and O–H groups in total. The lowest BCUT2D eigenvalue weighted by Gasteiger charge is -2.05. The number of hydrogen-bond acceptors (Lipinski definition) is 5. The van der Waals surface area contributed by atoms with Gasteiger partial charge in [0.1, 0.15) is 10.6 Å². The van der Waals surface area contributed by atoms with E-state index in [1.54, 1.807) is 13.8 Å². The van der Waals surface area contributed by atoms with Crippen molar-refractivity contribution in [1.29, 1.82) is 0 Å². The highest BCUT2D eigenvalue weighted by Crippen LogP contribution is 2.18. The van der Waals surface area contributed by atoms with Gasteiger partial charge in [-0.25, -0.2) is 13.1 Å². The van der Waals surface area contributed by atoms with Crippen molar-refractivity contribution in [3.05, 3.63) is 11.5 Å². The molecule has 0 aliphatic carbocycles. The van der Waals surface area contributed by atoms with E-state index in [2.05, 4.69) is 9.88 Å². The third-order valence-corrected chi connectivity index (χ3v) is 3.86. The van der Waals surface area contributed by atoms with Gasteiger partial charge in [0.15, 0.2) is 5.76 Å². The number of hydrogen-bond donors (Lipinski definition) is 2. The molecular weight excluding hydrogens is 230 g/mol. The quantitative estimate of drug-likeness (QED) is 0.705. The van der Waals surface area contributed by atoms with Crippen molar-refractivity contribution >= 4 is 10.0 Å². The van der Waals surface area contributed by atoms with Gasteiger partial charge < -0.3 is 10.3 Å². The summed E-state index contributed by atoms with van der Waals surface area (Å²) in [5.41, 5.74) is 5.70. The van der Waals surface area contributed by atoms with E-state index in [0.717, 1.165) is 12.8 Å². The van der Waals surface area contributed by atoms with Crippen molar-refractivity contribution < 1.29 is 12.9 Å². The molecule has 0 spiro atoms. The molecule has 0 saturated carbocycles. The van der Waals surface area contributed by atoms with Gasteiger partial charge in [-0.2, -0.15) is 0 Å². The summed E-state index contributed by atoms with van der Waals surface area (Å²) in [6.45, 7) is 4.12. The number of aryl methyl sites for hydroxylation is 2. The van der Waals surface area contributed by atoms with E-state index in [0.29, 0.717) is 24.5 Å². The van der Waals surface area contributed by atoms with Gasteiger partial charge in [-0.3, -0.25) is 0 Å². The highest BCUT2D eigenvalue weighted by atomic mass is 32.2. The zero-order valence-electron chi connectivity index (χ0n) is 9.49. The van der Waals surface area contributed by atoms with Crippen LogP contribution in [0.3, 0.4) is 0 Å². The molecule has 0 aliphatic rings. The Morgan fingerprint density at radius 1 is 1.38 bits per heavy atom. The summed E-state index contributed by atoms with van der Waals surface area (Å²) < 4.78 is 31.0. The summed E-state index contributed by atoms with van der Waals surface area (Å²) in [7, 11) is -3.51. The second-order valence-corrected chi connectivity index (χ2v) is 5.25. The van der Waals surface area contributed by atoms with Crippen LogP contribution < -0.4 is 10.5 Å². The Balaban J connectivity index is 2.71. The summed E-state index contributed by atoms with van der Waals surface area (Å²) in [6, 6.07) is 0. The highest BCUT2D eigenvalue weighted by Gasteiger charge is 2.23. The van der Waals surface area contributed by atoms with Crippen LogP contribution in [0, 0.1) is 13.8 Å². The summed E-state index contributed by atoms with van der Waals surface area (Å²) in [5.74, 6) is 0.309. The maximum absolute atomic E-state index is 11.9. The minimum absolute atomic E-state index is 0.139.